The van der Waals surface area contributed by atoms with Crippen LogP contribution >= 0.6 is 11.6 Å². The van der Waals surface area contributed by atoms with Gasteiger partial charge in [-0.25, -0.2) is 4.98 Å². The molecular weight excluding hydrogens is 368 g/mol. The summed E-state index contributed by atoms with van der Waals surface area (Å²) in [5, 5.41) is 1.01. The van der Waals surface area contributed by atoms with Crippen molar-refractivity contribution in [3.8, 4) is 0 Å². The Labute approximate surface area is 160 Å². The van der Waals surface area contributed by atoms with Gasteiger partial charge in [-0.05, 0) is 43.3 Å². The number of ketones is 1. The first kappa shape index (κ1) is 18.8. The molecule has 1 aromatic heterocycles. The minimum absolute atomic E-state index is 0.000478. The fourth-order valence-electron chi connectivity index (χ4n) is 2.63. The SMILES string of the molecule is C[C@@H](OC(=O)CCc1nc2ccccc2c(=O)[nH]1)C(=O)c1ccc(Cl)cc1. The third kappa shape index (κ3) is 4.60. The van der Waals surface area contributed by atoms with Crippen LogP contribution in [0.2, 0.25) is 5.02 Å². The highest BCUT2D eigenvalue weighted by Crippen LogP contribution is 2.13. The van der Waals surface area contributed by atoms with Crippen molar-refractivity contribution < 1.29 is 14.3 Å². The number of esters is 1. The van der Waals surface area contributed by atoms with E-state index in [1.807, 2.05) is 0 Å². The van der Waals surface area contributed by atoms with Crippen molar-refractivity contribution in [2.24, 2.45) is 0 Å². The fourth-order valence-corrected chi connectivity index (χ4v) is 2.76. The maximum Gasteiger partial charge on any atom is 0.306 e. The van der Waals surface area contributed by atoms with E-state index in [1.54, 1.807) is 48.5 Å². The first-order valence-corrected chi connectivity index (χ1v) is 8.79. The van der Waals surface area contributed by atoms with E-state index < -0.39 is 12.1 Å². The third-order valence-electron chi connectivity index (χ3n) is 4.03. The molecular formula is C20H17ClN2O4. The number of Topliss-reactive ketones (excluding diaryl/α,β-unsaturated/α-hetero) is 1. The molecule has 3 rings (SSSR count). The van der Waals surface area contributed by atoms with Crippen molar-refractivity contribution in [2.45, 2.75) is 25.9 Å². The molecule has 138 valence electrons. The van der Waals surface area contributed by atoms with E-state index in [0.29, 0.717) is 27.3 Å². The molecule has 0 spiro atoms. The number of hydrogen-bond acceptors (Lipinski definition) is 5. The second kappa shape index (κ2) is 8.14. The van der Waals surface area contributed by atoms with Crippen molar-refractivity contribution in [1.29, 1.82) is 0 Å². The van der Waals surface area contributed by atoms with Crippen LogP contribution in [0.1, 0.15) is 29.5 Å². The molecule has 0 bridgehead atoms. The zero-order valence-electron chi connectivity index (χ0n) is 14.6. The Hall–Kier alpha value is -2.99. The number of benzene rings is 2. The van der Waals surface area contributed by atoms with Gasteiger partial charge in [0.05, 0.1) is 17.3 Å². The minimum atomic E-state index is -0.915. The zero-order chi connectivity index (χ0) is 19.4. The van der Waals surface area contributed by atoms with Gasteiger partial charge in [-0.2, -0.15) is 0 Å². The summed E-state index contributed by atoms with van der Waals surface area (Å²) in [6, 6.07) is 13.3. The number of aromatic amines is 1. The van der Waals surface area contributed by atoms with Crippen molar-refractivity contribution in [3.63, 3.8) is 0 Å². The second-order valence-corrected chi connectivity index (χ2v) is 6.47. The van der Waals surface area contributed by atoms with Crippen LogP contribution in [0.3, 0.4) is 0 Å². The van der Waals surface area contributed by atoms with Crippen LogP contribution in [0.25, 0.3) is 10.9 Å². The van der Waals surface area contributed by atoms with Crippen LogP contribution in [0.5, 0.6) is 0 Å². The Bertz CT molecular complexity index is 1040. The van der Waals surface area contributed by atoms with Crippen LogP contribution in [-0.2, 0) is 16.0 Å². The van der Waals surface area contributed by atoms with Gasteiger partial charge in [0.15, 0.2) is 6.10 Å². The summed E-state index contributed by atoms with van der Waals surface area (Å²) in [5.41, 5.74) is 0.728. The molecule has 1 heterocycles. The molecule has 0 saturated carbocycles. The quantitative estimate of drug-likeness (QED) is 0.520. The Morgan fingerprint density at radius 1 is 1.15 bits per heavy atom. The van der Waals surface area contributed by atoms with Crippen molar-refractivity contribution in [1.82, 2.24) is 9.97 Å². The van der Waals surface area contributed by atoms with Crippen LogP contribution < -0.4 is 5.56 Å². The topological polar surface area (TPSA) is 89.1 Å². The van der Waals surface area contributed by atoms with Crippen LogP contribution in [0, 0.1) is 0 Å². The average Bonchev–Trinajstić information content (AvgIpc) is 2.66. The van der Waals surface area contributed by atoms with Gasteiger partial charge in [-0.15, -0.1) is 0 Å². The molecule has 0 aliphatic carbocycles. The van der Waals surface area contributed by atoms with Crippen molar-refractivity contribution >= 4 is 34.3 Å². The highest BCUT2D eigenvalue weighted by Gasteiger charge is 2.19. The summed E-state index contributed by atoms with van der Waals surface area (Å²) >= 11 is 5.80. The normalized spacial score (nSPS) is 11.9. The van der Waals surface area contributed by atoms with Crippen molar-refractivity contribution in [2.75, 3.05) is 0 Å². The van der Waals surface area contributed by atoms with E-state index >= 15 is 0 Å². The molecule has 1 atom stereocenters. The number of rotatable bonds is 6. The Morgan fingerprint density at radius 2 is 1.85 bits per heavy atom. The van der Waals surface area contributed by atoms with Gasteiger partial charge in [-0.1, -0.05) is 23.7 Å². The zero-order valence-corrected chi connectivity index (χ0v) is 15.3. The molecule has 0 amide bonds. The number of fused-ring (bicyclic) bond motifs is 1. The third-order valence-corrected chi connectivity index (χ3v) is 4.29. The van der Waals surface area contributed by atoms with Crippen LogP contribution in [0.15, 0.2) is 53.3 Å². The maximum absolute atomic E-state index is 12.3. The van der Waals surface area contributed by atoms with Gasteiger partial charge in [-0.3, -0.25) is 14.4 Å². The summed E-state index contributed by atoms with van der Waals surface area (Å²) in [5.74, 6) is -0.454. The summed E-state index contributed by atoms with van der Waals surface area (Å²) in [6.45, 7) is 1.52. The molecule has 0 radical (unpaired) electrons. The Morgan fingerprint density at radius 3 is 2.59 bits per heavy atom. The largest absolute Gasteiger partial charge is 0.454 e. The first-order chi connectivity index (χ1) is 12.9. The highest BCUT2D eigenvalue weighted by molar-refractivity contribution is 6.30. The number of hydrogen-bond donors (Lipinski definition) is 1. The number of nitrogens with zero attached hydrogens (tertiary/aromatic N) is 1. The van der Waals surface area contributed by atoms with E-state index in [1.165, 1.54) is 6.92 Å². The summed E-state index contributed by atoms with van der Waals surface area (Å²) in [7, 11) is 0. The van der Waals surface area contributed by atoms with E-state index in [4.69, 9.17) is 16.3 Å². The lowest BCUT2D eigenvalue weighted by Crippen LogP contribution is -2.24. The van der Waals surface area contributed by atoms with Gasteiger partial charge >= 0.3 is 5.97 Å². The Balaban J connectivity index is 1.60. The van der Waals surface area contributed by atoms with Gasteiger partial charge < -0.3 is 9.72 Å². The minimum Gasteiger partial charge on any atom is -0.454 e. The van der Waals surface area contributed by atoms with E-state index in [9.17, 15) is 14.4 Å². The predicted octanol–water partition coefficient (Wildman–Crippen LogP) is 3.32. The summed E-state index contributed by atoms with van der Waals surface area (Å²) < 4.78 is 5.19. The number of halogens is 1. The van der Waals surface area contributed by atoms with E-state index in [0.717, 1.165) is 0 Å². The van der Waals surface area contributed by atoms with Gasteiger partial charge in [0, 0.05) is 17.0 Å². The van der Waals surface area contributed by atoms with Gasteiger partial charge in [0.25, 0.3) is 5.56 Å². The lowest BCUT2D eigenvalue weighted by Gasteiger charge is -2.12. The lowest BCUT2D eigenvalue weighted by molar-refractivity contribution is -0.146. The summed E-state index contributed by atoms with van der Waals surface area (Å²) in [6.07, 6.45) is -0.706. The molecule has 0 aliphatic heterocycles. The van der Waals surface area contributed by atoms with Gasteiger partial charge in [0.2, 0.25) is 5.78 Å². The standard InChI is InChI=1S/C20H17ClN2O4/c1-12(19(25)13-6-8-14(21)9-7-13)27-18(24)11-10-17-22-16-5-3-2-4-15(16)20(26)23-17/h2-9,12H,10-11H2,1H3,(H,22,23,26)/t12-/m1/s1. The first-order valence-electron chi connectivity index (χ1n) is 8.41. The number of aromatic nitrogens is 2. The number of H-pyrrole nitrogens is 1. The lowest BCUT2D eigenvalue weighted by atomic mass is 10.1. The highest BCUT2D eigenvalue weighted by atomic mass is 35.5. The van der Waals surface area contributed by atoms with E-state index in [2.05, 4.69) is 9.97 Å². The number of ether oxygens (including phenoxy) is 1. The molecule has 3 aromatic rings. The molecule has 1 N–H and O–H groups in total. The number of carbonyl (C=O) groups excluding carboxylic acids is 2. The fraction of sp³-hybridized carbons (Fsp3) is 0.200. The number of carbonyl (C=O) groups is 2. The molecule has 7 heteroatoms. The average molecular weight is 385 g/mol. The molecule has 0 aliphatic rings. The number of aryl methyl sites for hydroxylation is 1. The summed E-state index contributed by atoms with van der Waals surface area (Å²) in [4.78, 5) is 43.3. The molecule has 6 nitrogen and oxygen atoms in total. The monoisotopic (exact) mass is 384 g/mol. The second-order valence-electron chi connectivity index (χ2n) is 6.03. The van der Waals surface area contributed by atoms with Crippen LogP contribution in [0.4, 0.5) is 0 Å². The van der Waals surface area contributed by atoms with E-state index in [-0.39, 0.29) is 24.2 Å². The smallest absolute Gasteiger partial charge is 0.306 e. The Kier molecular flexibility index (Phi) is 5.66. The van der Waals surface area contributed by atoms with Crippen LogP contribution in [-0.4, -0.2) is 27.8 Å². The number of nitrogens with one attached hydrogen (secondary N) is 1. The molecule has 0 fully saturated rings. The van der Waals surface area contributed by atoms with Crippen molar-refractivity contribution in [3.05, 3.63) is 75.3 Å². The number of para-hydroxylation sites is 1. The predicted molar refractivity (Wildman–Crippen MR) is 102 cm³/mol. The molecule has 2 aromatic carbocycles. The molecule has 0 saturated heterocycles. The molecule has 0 unspecified atom stereocenters. The molecule has 27 heavy (non-hydrogen) atoms. The maximum atomic E-state index is 12.3. The van der Waals surface area contributed by atoms with Gasteiger partial charge in [0.1, 0.15) is 5.82 Å².